The van der Waals surface area contributed by atoms with Crippen LogP contribution in [0.15, 0.2) is 48.5 Å². The van der Waals surface area contributed by atoms with Crippen LogP contribution in [0.5, 0.6) is 5.75 Å². The Morgan fingerprint density at radius 1 is 1.12 bits per heavy atom. The second-order valence-electron chi connectivity index (χ2n) is 6.27. The third kappa shape index (κ3) is 3.64. The highest BCUT2D eigenvalue weighted by Crippen LogP contribution is 2.24. The minimum absolute atomic E-state index is 0.141. The zero-order valence-corrected chi connectivity index (χ0v) is 13.6. The second kappa shape index (κ2) is 6.94. The molecule has 1 amide bonds. The Hall–Kier alpha value is -2.86. The van der Waals surface area contributed by atoms with E-state index >= 15 is 0 Å². The van der Waals surface area contributed by atoms with Gasteiger partial charge in [-0.3, -0.25) is 4.79 Å². The van der Waals surface area contributed by atoms with Gasteiger partial charge in [-0.15, -0.1) is 0 Å². The molecule has 0 radical (unpaired) electrons. The Bertz CT molecular complexity index is 788. The molecule has 1 aliphatic rings. The minimum atomic E-state index is -1.03. The summed E-state index contributed by atoms with van der Waals surface area (Å²) in [6, 6.07) is 12.2. The van der Waals surface area contributed by atoms with Crippen molar-refractivity contribution in [3.05, 3.63) is 65.2 Å². The largest absolute Gasteiger partial charge is 0.508 e. The number of hydrogen-bond acceptors (Lipinski definition) is 4. The first-order valence-corrected chi connectivity index (χ1v) is 8.09. The van der Waals surface area contributed by atoms with E-state index < -0.39 is 18.1 Å². The second-order valence-corrected chi connectivity index (χ2v) is 6.27. The van der Waals surface area contributed by atoms with Gasteiger partial charge in [-0.25, -0.2) is 4.79 Å². The predicted molar refractivity (Wildman–Crippen MR) is 91.9 cm³/mol. The highest BCUT2D eigenvalue weighted by Gasteiger charge is 2.36. The van der Waals surface area contributed by atoms with E-state index in [2.05, 4.69) is 0 Å². The molecule has 0 aromatic heterocycles. The fourth-order valence-electron chi connectivity index (χ4n) is 3.16. The molecule has 130 valence electrons. The smallest absolute Gasteiger partial charge is 0.326 e. The number of nitrogens with two attached hydrogens (primary N) is 1. The van der Waals surface area contributed by atoms with Gasteiger partial charge < -0.3 is 20.8 Å². The van der Waals surface area contributed by atoms with E-state index in [9.17, 15) is 19.8 Å². The molecule has 2 aromatic rings. The number of fused-ring (bicyclic) bond motifs is 1. The quantitative estimate of drug-likeness (QED) is 0.778. The van der Waals surface area contributed by atoms with Crippen molar-refractivity contribution in [1.29, 1.82) is 0 Å². The number of carbonyl (C=O) groups is 2. The van der Waals surface area contributed by atoms with Gasteiger partial charge in [0, 0.05) is 13.0 Å². The van der Waals surface area contributed by atoms with E-state index in [1.165, 1.54) is 17.0 Å². The topological polar surface area (TPSA) is 104 Å². The number of benzene rings is 2. The number of amides is 1. The average Bonchev–Trinajstić information content (AvgIpc) is 2.61. The average molecular weight is 340 g/mol. The standard InChI is InChI=1S/C19H20N2O4/c20-16(9-12-5-7-15(22)8-6-12)18(23)21-11-14-4-2-1-3-13(14)10-17(21)19(24)25/h1-8,16-17,22H,9-11,20H2,(H,24,25). The Balaban J connectivity index is 1.79. The van der Waals surface area contributed by atoms with E-state index in [4.69, 9.17) is 5.73 Å². The summed E-state index contributed by atoms with van der Waals surface area (Å²) in [6.45, 7) is 0.245. The molecule has 0 aliphatic carbocycles. The van der Waals surface area contributed by atoms with E-state index in [1.54, 1.807) is 12.1 Å². The zero-order chi connectivity index (χ0) is 18.0. The lowest BCUT2D eigenvalue weighted by molar-refractivity contribution is -0.152. The van der Waals surface area contributed by atoms with Gasteiger partial charge in [0.15, 0.2) is 0 Å². The summed E-state index contributed by atoms with van der Waals surface area (Å²) in [7, 11) is 0. The normalized spacial score (nSPS) is 17.6. The van der Waals surface area contributed by atoms with Crippen molar-refractivity contribution in [2.45, 2.75) is 31.5 Å². The van der Waals surface area contributed by atoms with Crippen LogP contribution in [0.25, 0.3) is 0 Å². The van der Waals surface area contributed by atoms with Crippen LogP contribution in [0.1, 0.15) is 16.7 Å². The van der Waals surface area contributed by atoms with Gasteiger partial charge in [-0.05, 0) is 35.2 Å². The molecule has 25 heavy (non-hydrogen) atoms. The lowest BCUT2D eigenvalue weighted by atomic mass is 9.93. The summed E-state index contributed by atoms with van der Waals surface area (Å²) in [6.07, 6.45) is 0.562. The monoisotopic (exact) mass is 340 g/mol. The van der Waals surface area contributed by atoms with Gasteiger partial charge in [0.2, 0.25) is 5.91 Å². The maximum absolute atomic E-state index is 12.8. The fraction of sp³-hybridized carbons (Fsp3) is 0.263. The van der Waals surface area contributed by atoms with Crippen molar-refractivity contribution in [2.24, 2.45) is 5.73 Å². The lowest BCUT2D eigenvalue weighted by Gasteiger charge is -2.36. The first-order chi connectivity index (χ1) is 12.0. The maximum atomic E-state index is 12.8. The van der Waals surface area contributed by atoms with E-state index in [0.717, 1.165) is 16.7 Å². The molecule has 4 N–H and O–H groups in total. The maximum Gasteiger partial charge on any atom is 0.326 e. The van der Waals surface area contributed by atoms with Crippen LogP contribution < -0.4 is 5.73 Å². The molecule has 2 atom stereocenters. The molecule has 6 heteroatoms. The molecular formula is C19H20N2O4. The van der Waals surface area contributed by atoms with E-state index in [0.29, 0.717) is 0 Å². The molecule has 0 fully saturated rings. The zero-order valence-electron chi connectivity index (χ0n) is 13.6. The first-order valence-electron chi connectivity index (χ1n) is 8.09. The number of aliphatic carboxylic acids is 1. The van der Waals surface area contributed by atoms with Crippen molar-refractivity contribution >= 4 is 11.9 Å². The lowest BCUT2D eigenvalue weighted by Crippen LogP contribution is -2.54. The number of aromatic hydroxyl groups is 1. The van der Waals surface area contributed by atoms with Gasteiger partial charge >= 0.3 is 5.97 Å². The van der Waals surface area contributed by atoms with Gasteiger partial charge in [-0.1, -0.05) is 36.4 Å². The molecule has 3 rings (SSSR count). The van der Waals surface area contributed by atoms with Crippen molar-refractivity contribution in [2.75, 3.05) is 0 Å². The van der Waals surface area contributed by atoms with Gasteiger partial charge in [0.25, 0.3) is 0 Å². The molecular weight excluding hydrogens is 320 g/mol. The van der Waals surface area contributed by atoms with Crippen LogP contribution >= 0.6 is 0 Å². The molecule has 2 unspecified atom stereocenters. The Morgan fingerprint density at radius 2 is 1.76 bits per heavy atom. The van der Waals surface area contributed by atoms with Crippen LogP contribution in [0.4, 0.5) is 0 Å². The number of phenolic OH excluding ortho intramolecular Hbond substituents is 1. The number of rotatable bonds is 4. The highest BCUT2D eigenvalue weighted by molar-refractivity contribution is 5.87. The minimum Gasteiger partial charge on any atom is -0.508 e. The molecule has 1 heterocycles. The molecule has 0 saturated heterocycles. The number of carboxylic acids is 1. The molecule has 6 nitrogen and oxygen atoms in total. The Kier molecular flexibility index (Phi) is 4.72. The first kappa shape index (κ1) is 17.0. The van der Waals surface area contributed by atoms with E-state index in [-0.39, 0.29) is 31.0 Å². The van der Waals surface area contributed by atoms with Gasteiger partial charge in [0.1, 0.15) is 11.8 Å². The molecule has 1 aliphatic heterocycles. The fourth-order valence-corrected chi connectivity index (χ4v) is 3.16. The van der Waals surface area contributed by atoms with Gasteiger partial charge in [-0.2, -0.15) is 0 Å². The summed E-state index contributed by atoms with van der Waals surface area (Å²) in [5, 5.41) is 18.8. The van der Waals surface area contributed by atoms with Gasteiger partial charge in [0.05, 0.1) is 6.04 Å². The van der Waals surface area contributed by atoms with Crippen LogP contribution in [0.2, 0.25) is 0 Å². The summed E-state index contributed by atoms with van der Waals surface area (Å²) < 4.78 is 0. The van der Waals surface area contributed by atoms with Crippen LogP contribution in [-0.2, 0) is 29.0 Å². The van der Waals surface area contributed by atoms with Crippen molar-refractivity contribution in [3.63, 3.8) is 0 Å². The predicted octanol–water partition coefficient (Wildman–Crippen LogP) is 1.30. The number of phenols is 1. The van der Waals surface area contributed by atoms with Crippen molar-refractivity contribution < 1.29 is 19.8 Å². The van der Waals surface area contributed by atoms with Crippen molar-refractivity contribution in [1.82, 2.24) is 4.90 Å². The number of carbonyl (C=O) groups excluding carboxylic acids is 1. The summed E-state index contributed by atoms with van der Waals surface area (Å²) in [5.74, 6) is -1.27. The van der Waals surface area contributed by atoms with E-state index in [1.807, 2.05) is 24.3 Å². The third-order valence-corrected chi connectivity index (χ3v) is 4.53. The Labute approximate surface area is 145 Å². The highest BCUT2D eigenvalue weighted by atomic mass is 16.4. The van der Waals surface area contributed by atoms with Crippen LogP contribution in [-0.4, -0.2) is 39.1 Å². The third-order valence-electron chi connectivity index (χ3n) is 4.53. The van der Waals surface area contributed by atoms with Crippen molar-refractivity contribution in [3.8, 4) is 5.75 Å². The SMILES string of the molecule is NC(Cc1ccc(O)cc1)C(=O)N1Cc2ccccc2CC1C(=O)O. The summed E-state index contributed by atoms with van der Waals surface area (Å²) in [4.78, 5) is 25.8. The molecule has 0 spiro atoms. The number of nitrogens with zero attached hydrogens (tertiary/aromatic N) is 1. The molecule has 0 bridgehead atoms. The van der Waals surface area contributed by atoms with Crippen LogP contribution in [0.3, 0.4) is 0 Å². The summed E-state index contributed by atoms with van der Waals surface area (Å²) >= 11 is 0. The number of hydrogen-bond donors (Lipinski definition) is 3. The number of carboxylic acid groups (broad SMARTS) is 1. The Morgan fingerprint density at radius 3 is 2.40 bits per heavy atom. The van der Waals surface area contributed by atoms with Crippen LogP contribution in [0, 0.1) is 0 Å². The molecule has 2 aromatic carbocycles. The molecule has 0 saturated carbocycles. The summed E-state index contributed by atoms with van der Waals surface area (Å²) in [5.41, 5.74) is 8.76.